The quantitative estimate of drug-likeness (QED) is 0.861. The molecule has 0 spiro atoms. The molecule has 5 nitrogen and oxygen atoms in total. The SMILES string of the molecule is CC(C)(C)OC(=O)NC[C@H]1CCN(C2CCOCC2)C1. The van der Waals surface area contributed by atoms with Crippen LogP contribution in [0.3, 0.4) is 0 Å². The first-order valence-electron chi connectivity index (χ1n) is 7.73. The monoisotopic (exact) mass is 284 g/mol. The first-order valence-corrected chi connectivity index (χ1v) is 7.73. The number of alkyl carbamates (subject to hydrolysis) is 1. The largest absolute Gasteiger partial charge is 0.444 e. The fraction of sp³-hybridized carbons (Fsp3) is 0.933. The Morgan fingerprint density at radius 2 is 2.00 bits per heavy atom. The van der Waals surface area contributed by atoms with Gasteiger partial charge in [0.2, 0.25) is 0 Å². The van der Waals surface area contributed by atoms with Gasteiger partial charge in [-0.25, -0.2) is 4.79 Å². The van der Waals surface area contributed by atoms with Crippen LogP contribution in [0.1, 0.15) is 40.0 Å². The zero-order valence-electron chi connectivity index (χ0n) is 13.0. The smallest absolute Gasteiger partial charge is 0.407 e. The number of rotatable bonds is 3. The van der Waals surface area contributed by atoms with E-state index in [9.17, 15) is 4.79 Å². The lowest BCUT2D eigenvalue weighted by Gasteiger charge is -2.31. The second-order valence-corrected chi connectivity index (χ2v) is 6.88. The topological polar surface area (TPSA) is 50.8 Å². The minimum Gasteiger partial charge on any atom is -0.444 e. The van der Waals surface area contributed by atoms with Crippen molar-refractivity contribution in [1.29, 1.82) is 0 Å². The van der Waals surface area contributed by atoms with Gasteiger partial charge in [-0.2, -0.15) is 0 Å². The molecule has 0 unspecified atom stereocenters. The average molecular weight is 284 g/mol. The number of nitrogens with zero attached hydrogens (tertiary/aromatic N) is 1. The second kappa shape index (κ2) is 6.76. The van der Waals surface area contributed by atoms with Gasteiger partial charge in [-0.3, -0.25) is 4.90 Å². The van der Waals surface area contributed by atoms with E-state index in [4.69, 9.17) is 9.47 Å². The Balaban J connectivity index is 1.67. The molecule has 1 N–H and O–H groups in total. The van der Waals surface area contributed by atoms with Crippen LogP contribution in [-0.4, -0.2) is 55.5 Å². The molecule has 0 radical (unpaired) electrons. The number of amides is 1. The fourth-order valence-corrected chi connectivity index (χ4v) is 2.95. The third-order valence-electron chi connectivity index (χ3n) is 3.96. The van der Waals surface area contributed by atoms with Crippen LogP contribution in [0.15, 0.2) is 0 Å². The highest BCUT2D eigenvalue weighted by molar-refractivity contribution is 5.67. The molecule has 1 amide bonds. The maximum atomic E-state index is 11.6. The molecule has 2 aliphatic heterocycles. The molecule has 0 aromatic carbocycles. The Morgan fingerprint density at radius 3 is 2.65 bits per heavy atom. The lowest BCUT2D eigenvalue weighted by Crippen LogP contribution is -2.39. The molecule has 116 valence electrons. The summed E-state index contributed by atoms with van der Waals surface area (Å²) in [5.41, 5.74) is -0.423. The van der Waals surface area contributed by atoms with Crippen molar-refractivity contribution in [3.8, 4) is 0 Å². The summed E-state index contributed by atoms with van der Waals surface area (Å²) >= 11 is 0. The Labute approximate surface area is 122 Å². The van der Waals surface area contributed by atoms with Gasteiger partial charge in [-0.1, -0.05) is 0 Å². The summed E-state index contributed by atoms with van der Waals surface area (Å²) < 4.78 is 10.7. The summed E-state index contributed by atoms with van der Waals surface area (Å²) in [4.78, 5) is 14.2. The van der Waals surface area contributed by atoms with Crippen LogP contribution in [0.5, 0.6) is 0 Å². The number of hydrogen-bond donors (Lipinski definition) is 1. The van der Waals surface area contributed by atoms with Gasteiger partial charge in [0.05, 0.1) is 0 Å². The standard InChI is InChI=1S/C15H28N2O3/c1-15(2,3)20-14(18)16-10-12-4-7-17(11-12)13-5-8-19-9-6-13/h12-13H,4-11H2,1-3H3,(H,16,18)/t12-/m1/s1. The minimum absolute atomic E-state index is 0.304. The molecule has 0 bridgehead atoms. The van der Waals surface area contributed by atoms with E-state index in [-0.39, 0.29) is 6.09 Å². The van der Waals surface area contributed by atoms with Gasteiger partial charge in [-0.05, 0) is 52.5 Å². The lowest BCUT2D eigenvalue weighted by molar-refractivity contribution is 0.0407. The number of nitrogens with one attached hydrogen (secondary N) is 1. The van der Waals surface area contributed by atoms with Gasteiger partial charge in [0.25, 0.3) is 0 Å². The molecular formula is C15H28N2O3. The zero-order chi connectivity index (χ0) is 14.6. The second-order valence-electron chi connectivity index (χ2n) is 6.88. The molecule has 0 aromatic rings. The van der Waals surface area contributed by atoms with Crippen LogP contribution in [-0.2, 0) is 9.47 Å². The number of hydrogen-bond acceptors (Lipinski definition) is 4. The van der Waals surface area contributed by atoms with Crippen molar-refractivity contribution in [3.05, 3.63) is 0 Å². The number of carbonyl (C=O) groups excluding carboxylic acids is 1. The van der Waals surface area contributed by atoms with Crippen LogP contribution in [0.4, 0.5) is 4.79 Å². The summed E-state index contributed by atoms with van der Waals surface area (Å²) in [6, 6.07) is 0.676. The van der Waals surface area contributed by atoms with Crippen LogP contribution < -0.4 is 5.32 Å². The van der Waals surface area contributed by atoms with Crippen LogP contribution in [0.2, 0.25) is 0 Å². The van der Waals surface area contributed by atoms with E-state index in [2.05, 4.69) is 10.2 Å². The van der Waals surface area contributed by atoms with Crippen LogP contribution in [0.25, 0.3) is 0 Å². The molecule has 2 rings (SSSR count). The third-order valence-corrected chi connectivity index (χ3v) is 3.96. The molecule has 2 heterocycles. The van der Waals surface area contributed by atoms with E-state index in [0.717, 1.165) is 45.6 Å². The molecular weight excluding hydrogens is 256 g/mol. The van der Waals surface area contributed by atoms with Crippen molar-refractivity contribution in [1.82, 2.24) is 10.2 Å². The molecule has 0 aromatic heterocycles. The number of likely N-dealkylation sites (tertiary alicyclic amines) is 1. The minimum atomic E-state index is -0.423. The molecule has 2 fully saturated rings. The van der Waals surface area contributed by atoms with Crippen molar-refractivity contribution >= 4 is 6.09 Å². The van der Waals surface area contributed by atoms with Gasteiger partial charge in [-0.15, -0.1) is 0 Å². The van der Waals surface area contributed by atoms with Gasteiger partial charge < -0.3 is 14.8 Å². The highest BCUT2D eigenvalue weighted by Crippen LogP contribution is 2.23. The summed E-state index contributed by atoms with van der Waals surface area (Å²) in [5.74, 6) is 0.547. The number of ether oxygens (including phenoxy) is 2. The highest BCUT2D eigenvalue weighted by Gasteiger charge is 2.29. The predicted molar refractivity (Wildman–Crippen MR) is 77.8 cm³/mol. The first kappa shape index (κ1) is 15.6. The van der Waals surface area contributed by atoms with Crippen molar-refractivity contribution in [3.63, 3.8) is 0 Å². The normalized spacial score (nSPS) is 25.6. The Kier molecular flexibility index (Phi) is 5.27. The van der Waals surface area contributed by atoms with Gasteiger partial charge in [0, 0.05) is 32.3 Å². The Morgan fingerprint density at radius 1 is 1.30 bits per heavy atom. The van der Waals surface area contributed by atoms with Crippen molar-refractivity contribution in [2.45, 2.75) is 51.7 Å². The Hall–Kier alpha value is -0.810. The van der Waals surface area contributed by atoms with Crippen LogP contribution >= 0.6 is 0 Å². The maximum Gasteiger partial charge on any atom is 0.407 e. The van der Waals surface area contributed by atoms with Crippen LogP contribution in [0, 0.1) is 5.92 Å². The highest BCUT2D eigenvalue weighted by atomic mass is 16.6. The van der Waals surface area contributed by atoms with E-state index in [0.29, 0.717) is 18.5 Å². The van der Waals surface area contributed by atoms with E-state index < -0.39 is 5.60 Å². The van der Waals surface area contributed by atoms with Crippen molar-refractivity contribution in [2.24, 2.45) is 5.92 Å². The van der Waals surface area contributed by atoms with E-state index >= 15 is 0 Å². The van der Waals surface area contributed by atoms with Gasteiger partial charge >= 0.3 is 6.09 Å². The summed E-state index contributed by atoms with van der Waals surface area (Å²) in [6.07, 6.45) is 3.15. The fourth-order valence-electron chi connectivity index (χ4n) is 2.95. The summed E-state index contributed by atoms with van der Waals surface area (Å²) in [7, 11) is 0. The molecule has 0 aliphatic carbocycles. The lowest BCUT2D eigenvalue weighted by atomic mass is 10.1. The predicted octanol–water partition coefficient (Wildman–Crippen LogP) is 2.01. The van der Waals surface area contributed by atoms with E-state index in [1.54, 1.807) is 0 Å². The maximum absolute atomic E-state index is 11.6. The van der Waals surface area contributed by atoms with E-state index in [1.165, 1.54) is 0 Å². The van der Waals surface area contributed by atoms with Gasteiger partial charge in [0.15, 0.2) is 0 Å². The first-order chi connectivity index (χ1) is 9.44. The van der Waals surface area contributed by atoms with Crippen molar-refractivity contribution < 1.29 is 14.3 Å². The zero-order valence-corrected chi connectivity index (χ0v) is 13.0. The molecule has 0 saturated carbocycles. The Bertz CT molecular complexity index is 322. The molecule has 2 saturated heterocycles. The van der Waals surface area contributed by atoms with Gasteiger partial charge in [0.1, 0.15) is 5.60 Å². The molecule has 5 heteroatoms. The third kappa shape index (κ3) is 4.94. The molecule has 1 atom stereocenters. The summed E-state index contributed by atoms with van der Waals surface area (Å²) in [5, 5.41) is 2.89. The van der Waals surface area contributed by atoms with Crippen molar-refractivity contribution in [2.75, 3.05) is 32.8 Å². The van der Waals surface area contributed by atoms with E-state index in [1.807, 2.05) is 20.8 Å². The summed E-state index contributed by atoms with van der Waals surface area (Å²) in [6.45, 7) is 10.4. The molecule has 2 aliphatic rings. The molecule has 20 heavy (non-hydrogen) atoms. The average Bonchev–Trinajstić information content (AvgIpc) is 2.84. The number of carbonyl (C=O) groups is 1.